The summed E-state index contributed by atoms with van der Waals surface area (Å²) in [5.41, 5.74) is 0.635. The maximum atomic E-state index is 10.6. The van der Waals surface area contributed by atoms with Gasteiger partial charge in [-0.15, -0.1) is 0 Å². The van der Waals surface area contributed by atoms with E-state index in [1.54, 1.807) is 18.2 Å². The normalized spacial score (nSPS) is 10.2. The number of carboxylic acid groups (broad SMARTS) is 1. The van der Waals surface area contributed by atoms with E-state index in [1.165, 1.54) is 6.08 Å². The first-order valence-electron chi connectivity index (χ1n) is 6.35. The van der Waals surface area contributed by atoms with E-state index in [2.05, 4.69) is 0 Å². The van der Waals surface area contributed by atoms with Gasteiger partial charge in [-0.25, -0.2) is 4.79 Å². The molecule has 0 spiro atoms. The Kier molecular flexibility index (Phi) is 6.69. The number of carboxylic acids is 1. The van der Waals surface area contributed by atoms with E-state index < -0.39 is 5.97 Å². The Morgan fingerprint density at radius 1 is 1.45 bits per heavy atom. The minimum Gasteiger partial charge on any atom is -0.490 e. The van der Waals surface area contributed by atoms with Gasteiger partial charge >= 0.3 is 5.97 Å². The van der Waals surface area contributed by atoms with Crippen molar-refractivity contribution < 1.29 is 19.4 Å². The van der Waals surface area contributed by atoms with Crippen molar-refractivity contribution in [3.05, 3.63) is 29.8 Å². The van der Waals surface area contributed by atoms with Gasteiger partial charge in [0.15, 0.2) is 11.5 Å². The van der Waals surface area contributed by atoms with Gasteiger partial charge in [-0.3, -0.25) is 0 Å². The monoisotopic (exact) mass is 275 g/mol. The summed E-state index contributed by atoms with van der Waals surface area (Å²) >= 11 is 0. The largest absolute Gasteiger partial charge is 0.490 e. The third-order valence-corrected chi connectivity index (χ3v) is 2.39. The molecule has 20 heavy (non-hydrogen) atoms. The third-order valence-electron chi connectivity index (χ3n) is 2.39. The van der Waals surface area contributed by atoms with Gasteiger partial charge in [0.25, 0.3) is 0 Å². The first kappa shape index (κ1) is 15.6. The van der Waals surface area contributed by atoms with Gasteiger partial charge in [0.1, 0.15) is 0 Å². The van der Waals surface area contributed by atoms with E-state index in [9.17, 15) is 4.79 Å². The summed E-state index contributed by atoms with van der Waals surface area (Å²) in [6.07, 6.45) is 3.54. The molecule has 1 N–H and O–H groups in total. The van der Waals surface area contributed by atoms with Crippen LogP contribution in [0.3, 0.4) is 0 Å². The second-order valence-electron chi connectivity index (χ2n) is 3.89. The number of nitriles is 1. The molecule has 0 radical (unpaired) electrons. The zero-order chi connectivity index (χ0) is 14.8. The Hall–Kier alpha value is -2.48. The number of nitrogens with zero attached hydrogens (tertiary/aromatic N) is 1. The fraction of sp³-hybridized carbons (Fsp3) is 0.333. The van der Waals surface area contributed by atoms with Crippen LogP contribution in [0.25, 0.3) is 6.08 Å². The molecule has 1 aromatic carbocycles. The summed E-state index contributed by atoms with van der Waals surface area (Å²) in [4.78, 5) is 10.6. The average molecular weight is 275 g/mol. The standard InChI is InChI=1S/C15H17NO4/c1-2-19-13-7-5-6-12(8-9-14(17)18)15(13)20-11-4-3-10-16/h5-9H,2-4,11H2,1H3,(H,17,18)/b9-8+. The Bertz CT molecular complexity index is 517. The molecule has 0 aliphatic rings. The highest BCUT2D eigenvalue weighted by Crippen LogP contribution is 2.32. The van der Waals surface area contributed by atoms with Crippen molar-refractivity contribution in [3.63, 3.8) is 0 Å². The summed E-state index contributed by atoms with van der Waals surface area (Å²) < 4.78 is 11.1. The fourth-order valence-corrected chi connectivity index (χ4v) is 1.57. The Labute approximate surface area is 118 Å². The Balaban J connectivity index is 2.94. The minimum atomic E-state index is -1.03. The number of carbonyl (C=O) groups is 1. The van der Waals surface area contributed by atoms with Crippen LogP contribution in [0.15, 0.2) is 24.3 Å². The molecule has 1 aromatic rings. The molecule has 5 nitrogen and oxygen atoms in total. The molecular weight excluding hydrogens is 258 g/mol. The number of para-hydroxylation sites is 1. The first-order valence-corrected chi connectivity index (χ1v) is 6.35. The molecule has 0 atom stereocenters. The van der Waals surface area contributed by atoms with Crippen LogP contribution >= 0.6 is 0 Å². The average Bonchev–Trinajstić information content (AvgIpc) is 2.43. The molecule has 0 amide bonds. The molecule has 0 aromatic heterocycles. The quantitative estimate of drug-likeness (QED) is 0.583. The highest BCUT2D eigenvalue weighted by molar-refractivity contribution is 5.86. The van der Waals surface area contributed by atoms with Crippen LogP contribution in [0.5, 0.6) is 11.5 Å². The molecule has 0 saturated carbocycles. The Morgan fingerprint density at radius 2 is 2.25 bits per heavy atom. The van der Waals surface area contributed by atoms with Crippen LogP contribution in [-0.4, -0.2) is 24.3 Å². The number of rotatable bonds is 8. The van der Waals surface area contributed by atoms with Gasteiger partial charge < -0.3 is 14.6 Å². The summed E-state index contributed by atoms with van der Waals surface area (Å²) in [6, 6.07) is 7.33. The lowest BCUT2D eigenvalue weighted by Crippen LogP contribution is -2.02. The molecule has 0 saturated heterocycles. The number of hydrogen-bond acceptors (Lipinski definition) is 4. The van der Waals surface area contributed by atoms with Crippen molar-refractivity contribution in [2.45, 2.75) is 19.8 Å². The number of hydrogen-bond donors (Lipinski definition) is 1. The van der Waals surface area contributed by atoms with Gasteiger partial charge in [0.2, 0.25) is 0 Å². The number of unbranched alkanes of at least 4 members (excludes halogenated alkanes) is 1. The van der Waals surface area contributed by atoms with E-state index in [0.29, 0.717) is 43.1 Å². The van der Waals surface area contributed by atoms with Crippen molar-refractivity contribution in [2.75, 3.05) is 13.2 Å². The van der Waals surface area contributed by atoms with Gasteiger partial charge in [0, 0.05) is 18.1 Å². The molecule has 0 aliphatic heterocycles. The highest BCUT2D eigenvalue weighted by atomic mass is 16.5. The van der Waals surface area contributed by atoms with Crippen LogP contribution in [0, 0.1) is 11.3 Å². The number of ether oxygens (including phenoxy) is 2. The molecule has 106 valence electrons. The fourth-order valence-electron chi connectivity index (χ4n) is 1.57. The molecule has 1 rings (SSSR count). The first-order chi connectivity index (χ1) is 9.69. The zero-order valence-electron chi connectivity index (χ0n) is 11.3. The van der Waals surface area contributed by atoms with Gasteiger partial charge in [0.05, 0.1) is 19.3 Å². The van der Waals surface area contributed by atoms with E-state index in [0.717, 1.165) is 6.08 Å². The molecule has 0 fully saturated rings. The smallest absolute Gasteiger partial charge is 0.328 e. The van der Waals surface area contributed by atoms with Crippen LogP contribution in [0.2, 0.25) is 0 Å². The maximum absolute atomic E-state index is 10.6. The molecule has 0 bridgehead atoms. The van der Waals surface area contributed by atoms with E-state index >= 15 is 0 Å². The second kappa shape index (κ2) is 8.59. The SMILES string of the molecule is CCOc1cccc(/C=C/C(=O)O)c1OCCCC#N. The molecule has 0 heterocycles. The van der Waals surface area contributed by atoms with Crippen LogP contribution in [-0.2, 0) is 4.79 Å². The van der Waals surface area contributed by atoms with Crippen LogP contribution in [0.4, 0.5) is 0 Å². The van der Waals surface area contributed by atoms with E-state index in [1.807, 2.05) is 13.0 Å². The van der Waals surface area contributed by atoms with Crippen molar-refractivity contribution >= 4 is 12.0 Å². The zero-order valence-corrected chi connectivity index (χ0v) is 11.3. The minimum absolute atomic E-state index is 0.381. The third kappa shape index (κ3) is 5.02. The predicted molar refractivity (Wildman–Crippen MR) is 74.6 cm³/mol. The van der Waals surface area contributed by atoms with Gasteiger partial charge in [-0.1, -0.05) is 12.1 Å². The highest BCUT2D eigenvalue weighted by Gasteiger charge is 2.09. The lowest BCUT2D eigenvalue weighted by molar-refractivity contribution is -0.131. The van der Waals surface area contributed by atoms with Crippen molar-refractivity contribution in [3.8, 4) is 17.6 Å². The van der Waals surface area contributed by atoms with Crippen LogP contribution in [0.1, 0.15) is 25.3 Å². The van der Waals surface area contributed by atoms with E-state index in [4.69, 9.17) is 19.8 Å². The molecule has 0 unspecified atom stereocenters. The van der Waals surface area contributed by atoms with Crippen molar-refractivity contribution in [1.29, 1.82) is 5.26 Å². The van der Waals surface area contributed by atoms with E-state index in [-0.39, 0.29) is 0 Å². The molecule has 0 aliphatic carbocycles. The number of benzene rings is 1. The number of aliphatic carboxylic acids is 1. The topological polar surface area (TPSA) is 79.6 Å². The summed E-state index contributed by atoms with van der Waals surface area (Å²) in [7, 11) is 0. The second-order valence-corrected chi connectivity index (χ2v) is 3.89. The maximum Gasteiger partial charge on any atom is 0.328 e. The Morgan fingerprint density at radius 3 is 2.90 bits per heavy atom. The van der Waals surface area contributed by atoms with Crippen molar-refractivity contribution in [1.82, 2.24) is 0 Å². The summed E-state index contributed by atoms with van der Waals surface area (Å²) in [6.45, 7) is 2.73. The summed E-state index contributed by atoms with van der Waals surface area (Å²) in [5.74, 6) is 0.0454. The predicted octanol–water partition coefficient (Wildman–Crippen LogP) is 2.87. The lowest BCUT2D eigenvalue weighted by Gasteiger charge is -2.14. The van der Waals surface area contributed by atoms with Crippen LogP contribution < -0.4 is 9.47 Å². The van der Waals surface area contributed by atoms with Crippen molar-refractivity contribution in [2.24, 2.45) is 0 Å². The summed E-state index contributed by atoms with van der Waals surface area (Å²) in [5, 5.41) is 17.2. The lowest BCUT2D eigenvalue weighted by atomic mass is 10.1. The van der Waals surface area contributed by atoms with Gasteiger partial charge in [-0.05, 0) is 25.5 Å². The van der Waals surface area contributed by atoms with Gasteiger partial charge in [-0.2, -0.15) is 5.26 Å². The molecular formula is C15H17NO4. The molecule has 5 heteroatoms.